The zero-order chi connectivity index (χ0) is 18.1. The molecule has 0 unspecified atom stereocenters. The number of aromatic nitrogens is 5. The van der Waals surface area contributed by atoms with E-state index in [1.54, 1.807) is 0 Å². The van der Waals surface area contributed by atoms with Crippen molar-refractivity contribution in [1.82, 2.24) is 29.9 Å². The van der Waals surface area contributed by atoms with Gasteiger partial charge < -0.3 is 5.32 Å². The highest BCUT2D eigenvalue weighted by atomic mass is 16.2. The van der Waals surface area contributed by atoms with Gasteiger partial charge >= 0.3 is 0 Å². The number of benzene rings is 1. The molecule has 1 aliphatic rings. The van der Waals surface area contributed by atoms with Crippen LogP contribution in [0.2, 0.25) is 0 Å². The predicted octanol–water partition coefficient (Wildman–Crippen LogP) is 1.34. The summed E-state index contributed by atoms with van der Waals surface area (Å²) in [7, 11) is 0. The van der Waals surface area contributed by atoms with Crippen LogP contribution in [0.4, 0.5) is 0 Å². The molecule has 4 rings (SSSR count). The van der Waals surface area contributed by atoms with E-state index in [2.05, 4.69) is 20.6 Å². The maximum absolute atomic E-state index is 12.6. The second kappa shape index (κ2) is 6.70. The largest absolute Gasteiger partial charge is 0.352 e. The van der Waals surface area contributed by atoms with Crippen molar-refractivity contribution >= 4 is 17.1 Å². The van der Waals surface area contributed by atoms with Gasteiger partial charge in [0.15, 0.2) is 11.2 Å². The number of nitrogens with one attached hydrogen (secondary N) is 1. The molecule has 26 heavy (non-hydrogen) atoms. The van der Waals surface area contributed by atoms with E-state index in [9.17, 15) is 9.59 Å². The average Bonchev–Trinajstić information content (AvgIpc) is 3.28. The normalized spacial score (nSPS) is 14.8. The summed E-state index contributed by atoms with van der Waals surface area (Å²) in [5.74, 6) is -0.175. The summed E-state index contributed by atoms with van der Waals surface area (Å²) in [5, 5.41) is 11.0. The molecular formula is C18H20N6O2. The molecule has 2 aromatic heterocycles. The molecule has 2 heterocycles. The number of rotatable bonds is 4. The fraction of sp³-hybridized carbons (Fsp3) is 0.389. The summed E-state index contributed by atoms with van der Waals surface area (Å²) in [6.45, 7) is 1.94. The Labute approximate surface area is 149 Å². The van der Waals surface area contributed by atoms with Gasteiger partial charge in [0.1, 0.15) is 12.9 Å². The topological polar surface area (TPSA) is 94.7 Å². The highest BCUT2D eigenvalue weighted by Crippen LogP contribution is 2.17. The molecule has 0 radical (unpaired) electrons. The Hall–Kier alpha value is -3.03. The molecule has 1 N–H and O–H groups in total. The van der Waals surface area contributed by atoms with Crippen LogP contribution < -0.4 is 10.9 Å². The molecule has 3 aromatic rings. The Balaban J connectivity index is 1.60. The number of carbonyl (C=O) groups is 1. The van der Waals surface area contributed by atoms with Gasteiger partial charge in [-0.05, 0) is 31.9 Å². The van der Waals surface area contributed by atoms with Gasteiger partial charge in [0.05, 0.1) is 5.69 Å². The van der Waals surface area contributed by atoms with Crippen molar-refractivity contribution in [3.05, 3.63) is 46.5 Å². The molecule has 0 bridgehead atoms. The Morgan fingerprint density at radius 1 is 1.23 bits per heavy atom. The lowest BCUT2D eigenvalue weighted by atomic mass is 10.2. The van der Waals surface area contributed by atoms with Crippen molar-refractivity contribution < 1.29 is 4.79 Å². The average molecular weight is 352 g/mol. The number of hydrogen-bond donors (Lipinski definition) is 1. The first kappa shape index (κ1) is 16.4. The van der Waals surface area contributed by atoms with Crippen LogP contribution in [0.1, 0.15) is 31.2 Å². The van der Waals surface area contributed by atoms with Crippen LogP contribution in [0.5, 0.6) is 0 Å². The van der Waals surface area contributed by atoms with Crippen LogP contribution in [0.15, 0.2) is 35.4 Å². The molecule has 1 aliphatic carbocycles. The molecule has 0 saturated heterocycles. The van der Waals surface area contributed by atoms with Gasteiger partial charge in [-0.3, -0.25) is 14.2 Å². The molecule has 1 fully saturated rings. The third-order valence-corrected chi connectivity index (χ3v) is 4.74. The predicted molar refractivity (Wildman–Crippen MR) is 96.1 cm³/mol. The summed E-state index contributed by atoms with van der Waals surface area (Å²) in [5.41, 5.74) is 2.08. The quantitative estimate of drug-likeness (QED) is 0.765. The van der Waals surface area contributed by atoms with E-state index in [1.165, 1.54) is 15.6 Å². The van der Waals surface area contributed by atoms with Crippen LogP contribution in [0.3, 0.4) is 0 Å². The molecular weight excluding hydrogens is 332 g/mol. The van der Waals surface area contributed by atoms with Crippen molar-refractivity contribution in [1.29, 1.82) is 0 Å². The van der Waals surface area contributed by atoms with Gasteiger partial charge in [-0.2, -0.15) is 4.68 Å². The van der Waals surface area contributed by atoms with Gasteiger partial charge in [0.25, 0.3) is 5.56 Å². The van der Waals surface area contributed by atoms with Crippen LogP contribution >= 0.6 is 0 Å². The molecule has 1 aromatic carbocycles. The zero-order valence-electron chi connectivity index (χ0n) is 14.6. The second-order valence-electron chi connectivity index (χ2n) is 6.74. The summed E-state index contributed by atoms with van der Waals surface area (Å²) < 4.78 is 2.81. The molecule has 134 valence electrons. The summed E-state index contributed by atoms with van der Waals surface area (Å²) >= 11 is 0. The first-order valence-corrected chi connectivity index (χ1v) is 8.79. The number of hydrogen-bond acceptors (Lipinski definition) is 5. The molecule has 8 heteroatoms. The van der Waals surface area contributed by atoms with Crippen LogP contribution in [-0.4, -0.2) is 36.5 Å². The lowest BCUT2D eigenvalue weighted by Gasteiger charge is -2.12. The number of fused-ring (bicyclic) bond motifs is 1. The maximum Gasteiger partial charge on any atom is 0.284 e. The Bertz CT molecular complexity index is 999. The van der Waals surface area contributed by atoms with E-state index in [0.29, 0.717) is 5.65 Å². The van der Waals surface area contributed by atoms with Gasteiger partial charge in [0.2, 0.25) is 5.91 Å². The van der Waals surface area contributed by atoms with Gasteiger partial charge in [-0.25, -0.2) is 4.98 Å². The maximum atomic E-state index is 12.6. The SMILES string of the molecule is Cc1ccc(-n2nnc3c(=O)n(CC(=O)NC4CCCC4)cnc32)cc1. The van der Waals surface area contributed by atoms with E-state index in [1.807, 2.05) is 31.2 Å². The number of carbonyl (C=O) groups excluding carboxylic acids is 1. The molecule has 1 saturated carbocycles. The molecule has 0 atom stereocenters. The Morgan fingerprint density at radius 3 is 2.69 bits per heavy atom. The van der Waals surface area contributed by atoms with E-state index in [0.717, 1.165) is 36.9 Å². The minimum Gasteiger partial charge on any atom is -0.352 e. The Kier molecular flexibility index (Phi) is 4.24. The van der Waals surface area contributed by atoms with E-state index in [-0.39, 0.29) is 29.6 Å². The first-order chi connectivity index (χ1) is 12.6. The third kappa shape index (κ3) is 3.10. The van der Waals surface area contributed by atoms with Crippen molar-refractivity contribution in [2.45, 2.75) is 45.2 Å². The lowest BCUT2D eigenvalue weighted by molar-refractivity contribution is -0.122. The van der Waals surface area contributed by atoms with Gasteiger partial charge in [0, 0.05) is 6.04 Å². The minimum atomic E-state index is -0.366. The van der Waals surface area contributed by atoms with Crippen molar-refractivity contribution in [3.8, 4) is 5.69 Å². The number of amides is 1. The van der Waals surface area contributed by atoms with Crippen LogP contribution in [-0.2, 0) is 11.3 Å². The molecule has 1 amide bonds. The monoisotopic (exact) mass is 352 g/mol. The molecule has 8 nitrogen and oxygen atoms in total. The summed E-state index contributed by atoms with van der Waals surface area (Å²) in [4.78, 5) is 29.1. The highest BCUT2D eigenvalue weighted by molar-refractivity contribution is 5.77. The smallest absolute Gasteiger partial charge is 0.284 e. The van der Waals surface area contributed by atoms with Gasteiger partial charge in [-0.1, -0.05) is 35.8 Å². The lowest BCUT2D eigenvalue weighted by Crippen LogP contribution is -2.37. The first-order valence-electron chi connectivity index (χ1n) is 8.79. The van der Waals surface area contributed by atoms with Crippen LogP contribution in [0, 0.1) is 6.92 Å². The summed E-state index contributed by atoms with van der Waals surface area (Å²) in [6.07, 6.45) is 5.67. The highest BCUT2D eigenvalue weighted by Gasteiger charge is 2.19. The van der Waals surface area contributed by atoms with Gasteiger partial charge in [-0.15, -0.1) is 5.10 Å². The summed E-state index contributed by atoms with van der Waals surface area (Å²) in [6, 6.07) is 7.92. The fourth-order valence-corrected chi connectivity index (χ4v) is 3.31. The van der Waals surface area contributed by atoms with Crippen molar-refractivity contribution in [2.24, 2.45) is 0 Å². The van der Waals surface area contributed by atoms with Crippen molar-refractivity contribution in [2.75, 3.05) is 0 Å². The molecule has 0 spiro atoms. The number of aryl methyl sites for hydroxylation is 1. The van der Waals surface area contributed by atoms with E-state index < -0.39 is 0 Å². The number of nitrogens with zero attached hydrogens (tertiary/aromatic N) is 5. The minimum absolute atomic E-state index is 0.0599. The molecule has 0 aliphatic heterocycles. The third-order valence-electron chi connectivity index (χ3n) is 4.74. The standard InChI is InChI=1S/C18H20N6O2/c1-12-6-8-14(9-7-12)24-17-16(21-22-24)18(26)23(11-19-17)10-15(25)20-13-4-2-3-5-13/h6-9,11,13H,2-5,10H2,1H3,(H,20,25). The Morgan fingerprint density at radius 2 is 1.96 bits per heavy atom. The fourth-order valence-electron chi connectivity index (χ4n) is 3.31. The van der Waals surface area contributed by atoms with Crippen molar-refractivity contribution in [3.63, 3.8) is 0 Å². The van der Waals surface area contributed by atoms with E-state index >= 15 is 0 Å². The zero-order valence-corrected chi connectivity index (χ0v) is 14.6. The second-order valence-corrected chi connectivity index (χ2v) is 6.74. The van der Waals surface area contributed by atoms with E-state index in [4.69, 9.17) is 0 Å². The van der Waals surface area contributed by atoms with Crippen LogP contribution in [0.25, 0.3) is 16.9 Å².